The molecule has 0 bridgehead atoms. The summed E-state index contributed by atoms with van der Waals surface area (Å²) in [4.78, 5) is 62.8. The van der Waals surface area contributed by atoms with Crippen LogP contribution in [0.3, 0.4) is 0 Å². The SMILES string of the molecule is COC(=O)c1c(O)cccc1OCCCCNC(=O)[C@H](Cc1ccc(C2CC(=O)NS2(=O)=O)cc1)NC(=O)N[C@H](Cc1ccccc1)C(=O)OC. The fourth-order valence-corrected chi connectivity index (χ4v) is 6.82. The molecule has 1 aliphatic rings. The lowest BCUT2D eigenvalue weighted by Gasteiger charge is -2.22. The van der Waals surface area contributed by atoms with Crippen LogP contribution in [0.4, 0.5) is 4.79 Å². The Morgan fingerprint density at radius 3 is 2.18 bits per heavy atom. The number of phenolic OH excluding ortho intramolecular Hbond substituents is 1. The summed E-state index contributed by atoms with van der Waals surface area (Å²) in [5, 5.41) is 17.0. The molecule has 1 heterocycles. The average Bonchev–Trinajstić information content (AvgIpc) is 3.40. The van der Waals surface area contributed by atoms with Crippen molar-refractivity contribution in [3.05, 3.63) is 95.1 Å². The van der Waals surface area contributed by atoms with E-state index >= 15 is 0 Å². The minimum absolute atomic E-state index is 0.00657. The van der Waals surface area contributed by atoms with E-state index in [2.05, 4.69) is 16.0 Å². The molecule has 4 rings (SSSR count). The van der Waals surface area contributed by atoms with Gasteiger partial charge in [-0.25, -0.2) is 22.8 Å². The molecule has 0 aliphatic carbocycles. The van der Waals surface area contributed by atoms with Crippen LogP contribution in [0.1, 0.15) is 51.6 Å². The van der Waals surface area contributed by atoms with Gasteiger partial charge in [-0.1, -0.05) is 60.7 Å². The van der Waals surface area contributed by atoms with Crippen LogP contribution in [0.2, 0.25) is 0 Å². The first-order chi connectivity index (χ1) is 24.4. The molecule has 1 saturated heterocycles. The van der Waals surface area contributed by atoms with Crippen LogP contribution in [0, 0.1) is 0 Å². The monoisotopic (exact) mass is 724 g/mol. The van der Waals surface area contributed by atoms with Crippen LogP contribution >= 0.6 is 0 Å². The first-order valence-electron chi connectivity index (χ1n) is 16.0. The molecule has 3 aromatic rings. The van der Waals surface area contributed by atoms with Crippen LogP contribution in [0.15, 0.2) is 72.8 Å². The third-order valence-electron chi connectivity index (χ3n) is 8.01. The van der Waals surface area contributed by atoms with Gasteiger partial charge in [-0.05, 0) is 41.7 Å². The molecule has 1 unspecified atom stereocenters. The molecule has 0 spiro atoms. The van der Waals surface area contributed by atoms with Crippen LogP contribution in [0.5, 0.6) is 11.5 Å². The minimum atomic E-state index is -3.85. The van der Waals surface area contributed by atoms with E-state index in [9.17, 15) is 37.5 Å². The van der Waals surface area contributed by atoms with Gasteiger partial charge in [-0.15, -0.1) is 0 Å². The van der Waals surface area contributed by atoms with E-state index in [1.54, 1.807) is 48.5 Å². The largest absolute Gasteiger partial charge is 0.507 e. The zero-order valence-corrected chi connectivity index (χ0v) is 28.9. The molecule has 3 atom stereocenters. The summed E-state index contributed by atoms with van der Waals surface area (Å²) in [6.45, 7) is 0.359. The van der Waals surface area contributed by atoms with Gasteiger partial charge in [0.2, 0.25) is 21.8 Å². The highest BCUT2D eigenvalue weighted by molar-refractivity contribution is 7.90. The maximum absolute atomic E-state index is 13.4. The molecule has 5 N–H and O–H groups in total. The maximum Gasteiger partial charge on any atom is 0.345 e. The zero-order valence-electron chi connectivity index (χ0n) is 28.0. The molecule has 51 heavy (non-hydrogen) atoms. The van der Waals surface area contributed by atoms with Gasteiger partial charge in [0.05, 0.1) is 27.2 Å². The Balaban J connectivity index is 1.40. The summed E-state index contributed by atoms with van der Waals surface area (Å²) >= 11 is 0. The third-order valence-corrected chi connectivity index (χ3v) is 9.71. The molecule has 0 aromatic heterocycles. The quantitative estimate of drug-likeness (QED) is 0.106. The van der Waals surface area contributed by atoms with Gasteiger partial charge < -0.3 is 35.3 Å². The van der Waals surface area contributed by atoms with E-state index in [4.69, 9.17) is 14.2 Å². The normalized spacial score (nSPS) is 15.8. The number of unbranched alkanes of at least 4 members (excludes halogenated alkanes) is 1. The number of sulfonamides is 1. The van der Waals surface area contributed by atoms with Crippen molar-refractivity contribution in [1.82, 2.24) is 20.7 Å². The van der Waals surface area contributed by atoms with Crippen molar-refractivity contribution in [3.63, 3.8) is 0 Å². The number of hydrogen-bond acceptors (Lipinski definition) is 11. The van der Waals surface area contributed by atoms with E-state index in [0.29, 0.717) is 24.0 Å². The van der Waals surface area contributed by atoms with E-state index in [-0.39, 0.29) is 49.5 Å². The molecule has 0 saturated carbocycles. The second kappa shape index (κ2) is 17.8. The number of urea groups is 1. The molecule has 0 radical (unpaired) electrons. The number of benzene rings is 3. The summed E-state index contributed by atoms with van der Waals surface area (Å²) in [7, 11) is -1.46. The number of amides is 4. The number of aromatic hydroxyl groups is 1. The van der Waals surface area contributed by atoms with Crippen molar-refractivity contribution in [2.45, 2.75) is 49.4 Å². The van der Waals surface area contributed by atoms with Gasteiger partial charge in [0.15, 0.2) is 0 Å². The highest BCUT2D eigenvalue weighted by Gasteiger charge is 2.37. The van der Waals surface area contributed by atoms with Gasteiger partial charge in [0, 0.05) is 19.4 Å². The Morgan fingerprint density at radius 2 is 1.53 bits per heavy atom. The number of nitrogens with one attached hydrogen (secondary N) is 4. The minimum Gasteiger partial charge on any atom is -0.507 e. The number of carbonyl (C=O) groups excluding carboxylic acids is 5. The molecule has 3 aromatic carbocycles. The number of hydrogen-bond donors (Lipinski definition) is 5. The number of phenols is 1. The van der Waals surface area contributed by atoms with Crippen molar-refractivity contribution < 1.29 is 51.7 Å². The lowest BCUT2D eigenvalue weighted by atomic mass is 10.0. The molecular formula is C35H40N4O11S. The predicted octanol–water partition coefficient (Wildman–Crippen LogP) is 2.04. The number of methoxy groups -OCH3 is 2. The standard InChI is InChI=1S/C35H40N4O11S/c1-48-33(43)26(20-22-9-4-3-5-10-22)38-35(45)37-25(19-23-13-15-24(16-14-23)29-21-30(41)39-51(29,46)47)32(42)36-17-6-7-18-50-28-12-8-11-27(40)31(28)34(44)49-2/h3-5,8-16,25-26,29,40H,6-7,17-21H2,1-2H3,(H,36,42)(H,39,41)(H2,37,38,45)/t25-,26+,29?/m0/s1. The lowest BCUT2D eigenvalue weighted by Crippen LogP contribution is -2.54. The van der Waals surface area contributed by atoms with E-state index in [1.807, 2.05) is 10.8 Å². The van der Waals surface area contributed by atoms with Gasteiger partial charge in [-0.3, -0.25) is 14.3 Å². The maximum atomic E-state index is 13.4. The van der Waals surface area contributed by atoms with Crippen LogP contribution in [-0.2, 0) is 46.7 Å². The molecule has 15 nitrogen and oxygen atoms in total. The van der Waals surface area contributed by atoms with Gasteiger partial charge in [0.1, 0.15) is 34.4 Å². The van der Waals surface area contributed by atoms with Crippen molar-refractivity contribution >= 4 is 39.8 Å². The molecule has 4 amide bonds. The Morgan fingerprint density at radius 1 is 0.863 bits per heavy atom. The number of ether oxygens (including phenoxy) is 3. The first-order valence-corrected chi connectivity index (χ1v) is 17.6. The van der Waals surface area contributed by atoms with Gasteiger partial charge >= 0.3 is 18.0 Å². The highest BCUT2D eigenvalue weighted by atomic mass is 32.2. The van der Waals surface area contributed by atoms with Gasteiger partial charge in [-0.2, -0.15) is 0 Å². The lowest BCUT2D eigenvalue weighted by molar-refractivity contribution is -0.142. The van der Waals surface area contributed by atoms with E-state index < -0.39 is 57.1 Å². The molecule has 272 valence electrons. The molecular weight excluding hydrogens is 684 g/mol. The molecule has 1 aliphatic heterocycles. The van der Waals surface area contributed by atoms with Crippen LogP contribution in [-0.4, -0.2) is 82.8 Å². The Hall–Kier alpha value is -5.64. The highest BCUT2D eigenvalue weighted by Crippen LogP contribution is 2.30. The van der Waals surface area contributed by atoms with E-state index in [1.165, 1.54) is 32.4 Å². The second-order valence-electron chi connectivity index (χ2n) is 11.6. The summed E-state index contributed by atoms with van der Waals surface area (Å²) in [5.74, 6) is -2.67. The zero-order chi connectivity index (χ0) is 37.0. The second-order valence-corrected chi connectivity index (χ2v) is 13.5. The Kier molecular flexibility index (Phi) is 13.4. The number of carbonyl (C=O) groups is 5. The summed E-state index contributed by atoms with van der Waals surface area (Å²) in [5.41, 5.74) is 1.67. The topological polar surface area (TPSA) is 216 Å². The van der Waals surface area contributed by atoms with Crippen LogP contribution < -0.4 is 25.4 Å². The van der Waals surface area contributed by atoms with Crippen molar-refractivity contribution in [2.75, 3.05) is 27.4 Å². The Bertz CT molecular complexity index is 1820. The Labute approximate surface area is 295 Å². The number of rotatable bonds is 16. The van der Waals surface area contributed by atoms with Crippen molar-refractivity contribution in [3.8, 4) is 11.5 Å². The van der Waals surface area contributed by atoms with Gasteiger partial charge in [0.25, 0.3) is 0 Å². The number of esters is 2. The van der Waals surface area contributed by atoms with Crippen molar-refractivity contribution in [2.24, 2.45) is 0 Å². The summed E-state index contributed by atoms with van der Waals surface area (Å²) < 4.78 is 41.9. The third kappa shape index (κ3) is 10.7. The van der Waals surface area contributed by atoms with E-state index in [0.717, 1.165) is 5.56 Å². The van der Waals surface area contributed by atoms with Crippen molar-refractivity contribution in [1.29, 1.82) is 0 Å². The molecule has 16 heteroatoms. The van der Waals surface area contributed by atoms with Crippen LogP contribution in [0.25, 0.3) is 0 Å². The fourth-order valence-electron chi connectivity index (χ4n) is 5.39. The summed E-state index contributed by atoms with van der Waals surface area (Å²) in [6, 6.07) is 16.8. The molecule has 1 fully saturated rings. The first kappa shape index (κ1) is 38.2. The predicted molar refractivity (Wildman–Crippen MR) is 183 cm³/mol. The fraction of sp³-hybridized carbons (Fsp3) is 0.343. The summed E-state index contributed by atoms with van der Waals surface area (Å²) in [6.07, 6.45) is 0.858. The average molecular weight is 725 g/mol. The smallest absolute Gasteiger partial charge is 0.345 e.